The van der Waals surface area contributed by atoms with Gasteiger partial charge in [-0.3, -0.25) is 9.59 Å². The molecule has 1 aromatic heterocycles. The highest BCUT2D eigenvalue weighted by Gasteiger charge is 2.20. The van der Waals surface area contributed by atoms with Gasteiger partial charge in [-0.2, -0.15) is 8.42 Å². The van der Waals surface area contributed by atoms with Crippen molar-refractivity contribution in [2.24, 2.45) is 4.40 Å². The molecule has 1 aliphatic heterocycles. The Hall–Kier alpha value is -3.14. The van der Waals surface area contributed by atoms with Gasteiger partial charge in [0.2, 0.25) is 5.91 Å². The summed E-state index contributed by atoms with van der Waals surface area (Å²) in [5.74, 6) is 0.0219. The number of nitrogens with one attached hydrogen (secondary N) is 2. The van der Waals surface area contributed by atoms with Crippen LogP contribution in [0, 0.1) is 0 Å². The Balaban J connectivity index is 1.52. The zero-order valence-corrected chi connectivity index (χ0v) is 16.7. The van der Waals surface area contributed by atoms with Crippen LogP contribution >= 0.6 is 0 Å². The molecule has 0 radical (unpaired) electrons. The first-order chi connectivity index (χ1) is 13.8. The Bertz CT molecular complexity index is 998. The third-order valence-electron chi connectivity index (χ3n) is 4.38. The summed E-state index contributed by atoms with van der Waals surface area (Å²) < 4.78 is 33.7. The topological polar surface area (TPSA) is 121 Å². The summed E-state index contributed by atoms with van der Waals surface area (Å²) in [6.45, 7) is 0.935. The summed E-state index contributed by atoms with van der Waals surface area (Å²) >= 11 is 0. The zero-order chi connectivity index (χ0) is 20.9. The number of nitrogens with zero attached hydrogens (tertiary/aromatic N) is 2. The lowest BCUT2D eigenvalue weighted by Gasteiger charge is -2.11. The predicted octanol–water partition coefficient (Wildman–Crippen LogP) is 1.85. The highest BCUT2D eigenvalue weighted by atomic mass is 32.2. The van der Waals surface area contributed by atoms with Gasteiger partial charge in [0.15, 0.2) is 5.76 Å². The zero-order valence-electron chi connectivity index (χ0n) is 15.9. The van der Waals surface area contributed by atoms with Crippen LogP contribution in [0.15, 0.2) is 56.4 Å². The van der Waals surface area contributed by atoms with Crippen molar-refractivity contribution in [2.45, 2.75) is 24.2 Å². The maximum absolute atomic E-state index is 12.4. The van der Waals surface area contributed by atoms with Crippen LogP contribution in [0.1, 0.15) is 29.8 Å². The molecule has 0 unspecified atom stereocenters. The summed E-state index contributed by atoms with van der Waals surface area (Å²) in [6, 6.07) is 8.95. The number of carbonyl (C=O) groups excluding carboxylic acids is 2. The smallest absolute Gasteiger partial charge is 0.286 e. The van der Waals surface area contributed by atoms with E-state index in [2.05, 4.69) is 15.0 Å². The molecule has 154 valence electrons. The van der Waals surface area contributed by atoms with Gasteiger partial charge in [0.1, 0.15) is 5.84 Å². The monoisotopic (exact) mass is 418 g/mol. The number of benzene rings is 1. The lowest BCUT2D eigenvalue weighted by atomic mass is 10.3. The summed E-state index contributed by atoms with van der Waals surface area (Å²) in [5, 5.41) is 5.23. The Morgan fingerprint density at radius 2 is 1.97 bits per heavy atom. The van der Waals surface area contributed by atoms with E-state index in [0.717, 1.165) is 13.0 Å². The van der Waals surface area contributed by atoms with Crippen molar-refractivity contribution < 1.29 is 22.4 Å². The average Bonchev–Trinajstić information content (AvgIpc) is 3.34. The molecule has 1 fully saturated rings. The van der Waals surface area contributed by atoms with Gasteiger partial charge >= 0.3 is 0 Å². The molecule has 29 heavy (non-hydrogen) atoms. The number of furan rings is 1. The Labute approximate surface area is 168 Å². The average molecular weight is 418 g/mol. The van der Waals surface area contributed by atoms with E-state index in [9.17, 15) is 18.0 Å². The maximum atomic E-state index is 12.4. The van der Waals surface area contributed by atoms with Crippen LogP contribution in [0.2, 0.25) is 0 Å². The van der Waals surface area contributed by atoms with Crippen LogP contribution in [-0.4, -0.2) is 51.1 Å². The fourth-order valence-corrected chi connectivity index (χ4v) is 3.91. The third kappa shape index (κ3) is 5.44. The summed E-state index contributed by atoms with van der Waals surface area (Å²) in [5.41, 5.74) is 0.456. The van der Waals surface area contributed by atoms with Gasteiger partial charge in [0.25, 0.3) is 15.9 Å². The van der Waals surface area contributed by atoms with Crippen LogP contribution in [0.5, 0.6) is 0 Å². The molecule has 0 spiro atoms. The molecule has 0 saturated carbocycles. The Morgan fingerprint density at radius 3 is 2.59 bits per heavy atom. The molecule has 0 aliphatic carbocycles. The SMILES string of the molecule is CN1CCC/C1=N\S(=O)(=O)c1ccc(NC(=O)CCNC(=O)c2ccco2)cc1. The van der Waals surface area contributed by atoms with Crippen molar-refractivity contribution in [2.75, 3.05) is 25.5 Å². The molecular weight excluding hydrogens is 396 g/mol. The van der Waals surface area contributed by atoms with Crippen LogP contribution in [0.25, 0.3) is 0 Å². The number of hydrogen-bond acceptors (Lipinski definition) is 5. The molecule has 1 aromatic carbocycles. The van der Waals surface area contributed by atoms with E-state index in [4.69, 9.17) is 4.42 Å². The Morgan fingerprint density at radius 1 is 1.21 bits per heavy atom. The van der Waals surface area contributed by atoms with Crippen molar-refractivity contribution in [3.8, 4) is 0 Å². The number of sulfonamides is 1. The summed E-state index contributed by atoms with van der Waals surface area (Å²) in [6.07, 6.45) is 2.98. The number of hydrogen-bond donors (Lipinski definition) is 2. The van der Waals surface area contributed by atoms with Crippen LogP contribution in [0.3, 0.4) is 0 Å². The second kappa shape index (κ2) is 8.91. The van der Waals surface area contributed by atoms with Crippen molar-refractivity contribution >= 4 is 33.4 Å². The van der Waals surface area contributed by atoms with Gasteiger partial charge in [-0.1, -0.05) is 0 Å². The minimum absolute atomic E-state index is 0.0620. The molecule has 2 amide bonds. The van der Waals surface area contributed by atoms with Crippen LogP contribution < -0.4 is 10.6 Å². The quantitative estimate of drug-likeness (QED) is 0.708. The fraction of sp³-hybridized carbons (Fsp3) is 0.316. The highest BCUT2D eigenvalue weighted by molar-refractivity contribution is 7.90. The molecule has 1 aliphatic rings. The van der Waals surface area contributed by atoms with Crippen LogP contribution in [-0.2, 0) is 14.8 Å². The number of anilines is 1. The number of carbonyl (C=O) groups is 2. The fourth-order valence-electron chi connectivity index (χ4n) is 2.82. The number of rotatable bonds is 7. The van der Waals surface area contributed by atoms with Gasteiger partial charge in [-0.05, 0) is 42.8 Å². The van der Waals surface area contributed by atoms with Gasteiger partial charge in [-0.15, -0.1) is 4.40 Å². The highest BCUT2D eigenvalue weighted by Crippen LogP contribution is 2.19. The van der Waals surface area contributed by atoms with Crippen molar-refractivity contribution in [3.05, 3.63) is 48.4 Å². The summed E-state index contributed by atoms with van der Waals surface area (Å²) in [7, 11) is -1.97. The van der Waals surface area contributed by atoms with Crippen LogP contribution in [0.4, 0.5) is 5.69 Å². The van der Waals surface area contributed by atoms with Gasteiger partial charge in [0.05, 0.1) is 11.2 Å². The molecule has 2 N–H and O–H groups in total. The van der Waals surface area contributed by atoms with E-state index >= 15 is 0 Å². The molecule has 2 aromatic rings. The lowest BCUT2D eigenvalue weighted by Crippen LogP contribution is -2.27. The second-order valence-electron chi connectivity index (χ2n) is 6.56. The van der Waals surface area contributed by atoms with Crippen molar-refractivity contribution in [1.82, 2.24) is 10.2 Å². The minimum Gasteiger partial charge on any atom is -0.459 e. The van der Waals surface area contributed by atoms with E-state index < -0.39 is 15.9 Å². The third-order valence-corrected chi connectivity index (χ3v) is 5.70. The number of amidine groups is 1. The molecule has 3 rings (SSSR count). The first-order valence-electron chi connectivity index (χ1n) is 9.12. The molecule has 2 heterocycles. The molecule has 0 atom stereocenters. The molecule has 9 nitrogen and oxygen atoms in total. The van der Waals surface area contributed by atoms with E-state index in [1.54, 1.807) is 6.07 Å². The summed E-state index contributed by atoms with van der Waals surface area (Å²) in [4.78, 5) is 25.6. The van der Waals surface area contributed by atoms with Gasteiger partial charge in [-0.25, -0.2) is 0 Å². The van der Waals surface area contributed by atoms with E-state index in [-0.39, 0.29) is 29.5 Å². The minimum atomic E-state index is -3.79. The normalized spacial score (nSPS) is 15.5. The van der Waals surface area contributed by atoms with E-state index in [1.165, 1.54) is 36.6 Å². The second-order valence-corrected chi connectivity index (χ2v) is 8.17. The molecule has 1 saturated heterocycles. The Kier molecular flexibility index (Phi) is 6.32. The van der Waals surface area contributed by atoms with Gasteiger partial charge in [0, 0.05) is 38.7 Å². The van der Waals surface area contributed by atoms with Crippen molar-refractivity contribution in [3.63, 3.8) is 0 Å². The molecule has 10 heteroatoms. The first kappa shape index (κ1) is 20.6. The number of likely N-dealkylation sites (tertiary alicyclic amines) is 1. The van der Waals surface area contributed by atoms with Crippen molar-refractivity contribution in [1.29, 1.82) is 0 Å². The molecule has 0 bridgehead atoms. The number of amides is 2. The lowest BCUT2D eigenvalue weighted by molar-refractivity contribution is -0.116. The largest absolute Gasteiger partial charge is 0.459 e. The predicted molar refractivity (Wildman–Crippen MR) is 107 cm³/mol. The van der Waals surface area contributed by atoms with E-state index in [1.807, 2.05) is 11.9 Å². The molecular formula is C19H22N4O5S. The maximum Gasteiger partial charge on any atom is 0.286 e. The van der Waals surface area contributed by atoms with E-state index in [0.29, 0.717) is 17.9 Å². The standard InChI is InChI=1S/C19H22N4O5S/c1-23-12-2-5-17(23)22-29(26,27)15-8-6-14(7-9-15)21-18(24)10-11-20-19(25)16-4-3-13-28-16/h3-4,6-9,13H,2,5,10-12H2,1H3,(H,20,25)(H,21,24)/b22-17+. The van der Waals surface area contributed by atoms with Gasteiger partial charge < -0.3 is 20.0 Å². The first-order valence-corrected chi connectivity index (χ1v) is 10.6.